The van der Waals surface area contributed by atoms with Crippen molar-refractivity contribution in [3.05, 3.63) is 28.5 Å². The van der Waals surface area contributed by atoms with Crippen molar-refractivity contribution < 1.29 is 18.7 Å². The molecule has 1 aromatic rings. The van der Waals surface area contributed by atoms with Gasteiger partial charge < -0.3 is 9.47 Å². The zero-order chi connectivity index (χ0) is 10.6. The summed E-state index contributed by atoms with van der Waals surface area (Å²) in [6, 6.07) is 4.30. The molecule has 0 atom stereocenters. The molecule has 0 unspecified atom stereocenters. The summed E-state index contributed by atoms with van der Waals surface area (Å²) in [6.07, 6.45) is 0. The molecule has 0 aromatic heterocycles. The fourth-order valence-electron chi connectivity index (χ4n) is 0.841. The Balaban J connectivity index is 2.80. The lowest BCUT2D eigenvalue weighted by Crippen LogP contribution is -2.15. The highest BCUT2D eigenvalue weighted by Crippen LogP contribution is 2.27. The zero-order valence-corrected chi connectivity index (χ0v) is 9.01. The molecule has 0 saturated heterocycles. The Hall–Kier alpha value is -0.940. The van der Waals surface area contributed by atoms with Crippen LogP contribution in [0.1, 0.15) is 0 Å². The fraction of sp³-hybridized carbons (Fsp3) is 0.222. The van der Waals surface area contributed by atoms with Crippen LogP contribution < -0.4 is 4.74 Å². The molecule has 1 aromatic carbocycles. The van der Waals surface area contributed by atoms with E-state index in [4.69, 9.17) is 4.74 Å². The molecule has 0 spiro atoms. The van der Waals surface area contributed by atoms with Gasteiger partial charge in [-0.3, -0.25) is 0 Å². The molecule has 3 nitrogen and oxygen atoms in total. The van der Waals surface area contributed by atoms with Crippen LogP contribution in [0.2, 0.25) is 0 Å². The van der Waals surface area contributed by atoms with Crippen LogP contribution >= 0.6 is 15.9 Å². The zero-order valence-electron chi connectivity index (χ0n) is 7.42. The number of hydrogen-bond acceptors (Lipinski definition) is 3. The molecule has 76 valence electrons. The van der Waals surface area contributed by atoms with E-state index in [1.54, 1.807) is 6.07 Å². The van der Waals surface area contributed by atoms with Crippen LogP contribution in [-0.4, -0.2) is 19.7 Å². The number of ether oxygens (including phenoxy) is 2. The van der Waals surface area contributed by atoms with Crippen LogP contribution in [0.25, 0.3) is 0 Å². The van der Waals surface area contributed by atoms with Crippen molar-refractivity contribution >= 4 is 21.9 Å². The molecular formula is C9H8BrFO3. The van der Waals surface area contributed by atoms with E-state index >= 15 is 0 Å². The Kier molecular flexibility index (Phi) is 4.03. The van der Waals surface area contributed by atoms with Gasteiger partial charge in [-0.25, -0.2) is 9.18 Å². The number of para-hydroxylation sites is 1. The van der Waals surface area contributed by atoms with E-state index in [1.165, 1.54) is 19.2 Å². The van der Waals surface area contributed by atoms with Crippen molar-refractivity contribution in [3.63, 3.8) is 0 Å². The number of methoxy groups -OCH3 is 1. The molecular weight excluding hydrogens is 255 g/mol. The molecule has 0 aliphatic carbocycles. The highest BCUT2D eigenvalue weighted by Gasteiger charge is 2.12. The van der Waals surface area contributed by atoms with Crippen molar-refractivity contribution in [1.82, 2.24) is 0 Å². The molecule has 5 heteroatoms. The molecule has 0 N–H and O–H groups in total. The van der Waals surface area contributed by atoms with Gasteiger partial charge in [0, 0.05) is 7.11 Å². The average molecular weight is 263 g/mol. The van der Waals surface area contributed by atoms with Crippen LogP contribution in [0.5, 0.6) is 5.75 Å². The first kappa shape index (κ1) is 11.1. The smallest absolute Gasteiger partial charge is 0.337 e. The Bertz CT molecular complexity index is 321. The van der Waals surface area contributed by atoms with Gasteiger partial charge in [-0.1, -0.05) is 6.07 Å². The summed E-state index contributed by atoms with van der Waals surface area (Å²) in [5.41, 5.74) is 0. The summed E-state index contributed by atoms with van der Waals surface area (Å²) >= 11 is 3.07. The number of hydrogen-bond donors (Lipinski definition) is 0. The monoisotopic (exact) mass is 262 g/mol. The van der Waals surface area contributed by atoms with E-state index in [9.17, 15) is 9.18 Å². The summed E-state index contributed by atoms with van der Waals surface area (Å²) in [5.74, 6) is -1.35. The highest BCUT2D eigenvalue weighted by atomic mass is 79.9. The van der Waals surface area contributed by atoms with Crippen molar-refractivity contribution in [1.29, 1.82) is 0 Å². The van der Waals surface area contributed by atoms with Crippen molar-refractivity contribution in [2.45, 2.75) is 0 Å². The molecule has 0 amide bonds. The van der Waals surface area contributed by atoms with Crippen molar-refractivity contribution in [2.24, 2.45) is 0 Å². The largest absolute Gasteiger partial charge is 0.420 e. The van der Waals surface area contributed by atoms with Gasteiger partial charge in [0.25, 0.3) is 0 Å². The lowest BCUT2D eigenvalue weighted by molar-refractivity contribution is -0.138. The van der Waals surface area contributed by atoms with Gasteiger partial charge in [-0.2, -0.15) is 0 Å². The molecule has 1 rings (SSSR count). The lowest BCUT2D eigenvalue weighted by Gasteiger charge is -2.06. The first-order valence-electron chi connectivity index (χ1n) is 3.78. The Morgan fingerprint density at radius 2 is 2.29 bits per heavy atom. The van der Waals surface area contributed by atoms with Gasteiger partial charge in [0.05, 0.1) is 4.47 Å². The molecule has 14 heavy (non-hydrogen) atoms. The minimum absolute atomic E-state index is 0.116. The van der Waals surface area contributed by atoms with Crippen LogP contribution in [-0.2, 0) is 9.53 Å². The molecule has 0 heterocycles. The number of esters is 1. The van der Waals surface area contributed by atoms with E-state index in [-0.39, 0.29) is 12.4 Å². The maximum absolute atomic E-state index is 13.1. The minimum atomic E-state index is -0.640. The standard InChI is InChI=1S/C9H8BrFO3/c1-13-5-8(12)14-9-6(10)3-2-4-7(9)11/h2-4H,5H2,1H3. The van der Waals surface area contributed by atoms with Gasteiger partial charge in [-0.15, -0.1) is 0 Å². The number of rotatable bonds is 3. The normalized spacial score (nSPS) is 9.93. The number of carbonyl (C=O) groups is 1. The highest BCUT2D eigenvalue weighted by molar-refractivity contribution is 9.10. The van der Waals surface area contributed by atoms with Crippen LogP contribution in [0.4, 0.5) is 4.39 Å². The van der Waals surface area contributed by atoms with Crippen molar-refractivity contribution in [3.8, 4) is 5.75 Å². The second kappa shape index (κ2) is 5.07. The fourth-order valence-corrected chi connectivity index (χ4v) is 1.26. The van der Waals surface area contributed by atoms with Crippen LogP contribution in [0.3, 0.4) is 0 Å². The molecule has 0 saturated carbocycles. The topological polar surface area (TPSA) is 35.5 Å². The van der Waals surface area contributed by atoms with Gasteiger partial charge in [-0.05, 0) is 28.1 Å². The number of halogens is 2. The second-order valence-corrected chi connectivity index (χ2v) is 3.31. The van der Waals surface area contributed by atoms with Gasteiger partial charge >= 0.3 is 5.97 Å². The van der Waals surface area contributed by atoms with Crippen LogP contribution in [0.15, 0.2) is 22.7 Å². The minimum Gasteiger partial charge on any atom is -0.420 e. The second-order valence-electron chi connectivity index (χ2n) is 2.46. The van der Waals surface area contributed by atoms with Gasteiger partial charge in [0.2, 0.25) is 0 Å². The van der Waals surface area contributed by atoms with E-state index in [2.05, 4.69) is 20.7 Å². The Morgan fingerprint density at radius 1 is 1.57 bits per heavy atom. The first-order valence-corrected chi connectivity index (χ1v) is 4.58. The summed E-state index contributed by atoms with van der Waals surface area (Å²) in [6.45, 7) is -0.208. The molecule has 0 radical (unpaired) electrons. The summed E-state index contributed by atoms with van der Waals surface area (Å²) in [4.78, 5) is 11.0. The SMILES string of the molecule is COCC(=O)Oc1c(F)cccc1Br. The quantitative estimate of drug-likeness (QED) is 0.619. The lowest BCUT2D eigenvalue weighted by atomic mass is 10.3. The maximum atomic E-state index is 13.1. The van der Waals surface area contributed by atoms with E-state index < -0.39 is 11.8 Å². The van der Waals surface area contributed by atoms with Gasteiger partial charge in [0.15, 0.2) is 11.6 Å². The first-order chi connectivity index (χ1) is 6.65. The predicted molar refractivity (Wildman–Crippen MR) is 51.6 cm³/mol. The van der Waals surface area contributed by atoms with E-state index in [0.717, 1.165) is 0 Å². The molecule has 0 aliphatic rings. The summed E-state index contributed by atoms with van der Waals surface area (Å²) in [7, 11) is 1.36. The Labute approximate surface area is 88.9 Å². The van der Waals surface area contributed by atoms with E-state index in [1.807, 2.05) is 0 Å². The van der Waals surface area contributed by atoms with Crippen molar-refractivity contribution in [2.75, 3.05) is 13.7 Å². The molecule has 0 bridgehead atoms. The van der Waals surface area contributed by atoms with Gasteiger partial charge in [0.1, 0.15) is 6.61 Å². The third-order valence-corrected chi connectivity index (χ3v) is 2.02. The molecule has 0 fully saturated rings. The summed E-state index contributed by atoms with van der Waals surface area (Å²) in [5, 5.41) is 0. The predicted octanol–water partition coefficient (Wildman–Crippen LogP) is 2.14. The Morgan fingerprint density at radius 3 is 2.86 bits per heavy atom. The average Bonchev–Trinajstić information content (AvgIpc) is 2.12. The third kappa shape index (κ3) is 2.78. The summed E-state index contributed by atoms with van der Waals surface area (Å²) < 4.78 is 22.8. The van der Waals surface area contributed by atoms with E-state index in [0.29, 0.717) is 4.47 Å². The number of benzene rings is 1. The maximum Gasteiger partial charge on any atom is 0.337 e. The molecule has 0 aliphatic heterocycles. The van der Waals surface area contributed by atoms with Crippen LogP contribution in [0, 0.1) is 5.82 Å². The third-order valence-electron chi connectivity index (χ3n) is 1.40. The number of carbonyl (C=O) groups excluding carboxylic acids is 1.